The van der Waals surface area contributed by atoms with E-state index in [1.165, 1.54) is 11.9 Å². The number of urea groups is 1. The minimum atomic E-state index is -2.04. The third kappa shape index (κ3) is 3.06. The molecule has 0 saturated carbocycles. The zero-order valence-electron chi connectivity index (χ0n) is 20.8. The quantitative estimate of drug-likeness (QED) is 0.214. The summed E-state index contributed by atoms with van der Waals surface area (Å²) in [5.74, 6) is 1.75. The molecule has 1 aromatic rings. The molecule has 7 N–H and O–H groups in total. The lowest BCUT2D eigenvalue weighted by molar-refractivity contribution is -0.125. The summed E-state index contributed by atoms with van der Waals surface area (Å²) in [7, 11) is 1.53. The largest absolute Gasteiger partial charge is 0.372 e. The van der Waals surface area contributed by atoms with E-state index in [2.05, 4.69) is 26.5 Å². The molecule has 4 heterocycles. The highest BCUT2D eigenvalue weighted by atomic mass is 16.3. The summed E-state index contributed by atoms with van der Waals surface area (Å²) in [6, 6.07) is 2.43. The van der Waals surface area contributed by atoms with Crippen LogP contribution in [0.25, 0.3) is 0 Å². The first-order chi connectivity index (χ1) is 18.1. The highest BCUT2D eigenvalue weighted by Gasteiger charge is 2.73. The van der Waals surface area contributed by atoms with Crippen LogP contribution in [0.1, 0.15) is 27.9 Å². The SMILES string of the molecule is C#C[C@@]1(O)C(NC(=O)c2cccc3c2CCC3)CN2C(N)=N[C@@H](CN3C(=O)CN(C)C3=O)C3N=C(N)N[C@@]321. The molecule has 198 valence electrons. The monoisotopic (exact) mass is 519 g/mol. The van der Waals surface area contributed by atoms with E-state index in [4.69, 9.17) is 17.9 Å². The van der Waals surface area contributed by atoms with Crippen LogP contribution < -0.4 is 22.1 Å². The summed E-state index contributed by atoms with van der Waals surface area (Å²) in [5, 5.41) is 18.1. The minimum Gasteiger partial charge on any atom is -0.372 e. The Morgan fingerprint density at radius 2 is 2.11 bits per heavy atom. The molecule has 0 bridgehead atoms. The Balaban J connectivity index is 1.35. The Labute approximate surface area is 218 Å². The van der Waals surface area contributed by atoms with Gasteiger partial charge in [0.2, 0.25) is 5.91 Å². The van der Waals surface area contributed by atoms with Gasteiger partial charge in [-0.05, 0) is 36.5 Å². The first kappa shape index (κ1) is 24.1. The fourth-order valence-electron chi connectivity index (χ4n) is 6.58. The topological polar surface area (TPSA) is 182 Å². The third-order valence-corrected chi connectivity index (χ3v) is 8.36. The summed E-state index contributed by atoms with van der Waals surface area (Å²) in [5.41, 5.74) is 11.6. The highest BCUT2D eigenvalue weighted by molar-refractivity contribution is 6.02. The maximum absolute atomic E-state index is 13.5. The van der Waals surface area contributed by atoms with Gasteiger partial charge in [-0.2, -0.15) is 0 Å². The smallest absolute Gasteiger partial charge is 0.327 e. The number of hydrogen-bond acceptors (Lipinski definition) is 10. The van der Waals surface area contributed by atoms with Crippen molar-refractivity contribution in [2.45, 2.75) is 48.7 Å². The second-order valence-corrected chi connectivity index (χ2v) is 10.4. The Morgan fingerprint density at radius 3 is 2.82 bits per heavy atom. The molecule has 4 aliphatic heterocycles. The predicted octanol–water partition coefficient (Wildman–Crippen LogP) is -2.47. The van der Waals surface area contributed by atoms with Crippen LogP contribution in [0.5, 0.6) is 0 Å². The highest BCUT2D eigenvalue weighted by Crippen LogP contribution is 2.46. The number of aliphatic hydroxyl groups is 1. The number of guanidine groups is 2. The van der Waals surface area contributed by atoms with Gasteiger partial charge < -0.3 is 37.0 Å². The van der Waals surface area contributed by atoms with Crippen molar-refractivity contribution < 1.29 is 19.5 Å². The van der Waals surface area contributed by atoms with E-state index in [0.29, 0.717) is 5.56 Å². The van der Waals surface area contributed by atoms with Crippen molar-refractivity contribution in [1.29, 1.82) is 0 Å². The van der Waals surface area contributed by atoms with Gasteiger partial charge in [0.15, 0.2) is 23.2 Å². The van der Waals surface area contributed by atoms with E-state index in [0.717, 1.165) is 35.3 Å². The molecule has 1 spiro atoms. The molecule has 2 unspecified atom stereocenters. The van der Waals surface area contributed by atoms with Crippen molar-refractivity contribution >= 4 is 29.8 Å². The lowest BCUT2D eigenvalue weighted by atomic mass is 9.77. The molecule has 0 aromatic heterocycles. The number of carbonyl (C=O) groups excluding carboxylic acids is 3. The number of imide groups is 1. The molecule has 4 amide bonds. The molecule has 1 aromatic carbocycles. The van der Waals surface area contributed by atoms with Gasteiger partial charge in [-0.1, -0.05) is 18.1 Å². The van der Waals surface area contributed by atoms with Crippen LogP contribution in [0.15, 0.2) is 28.2 Å². The van der Waals surface area contributed by atoms with Gasteiger partial charge in [-0.3, -0.25) is 14.5 Å². The number of nitrogens with zero attached hydrogens (tertiary/aromatic N) is 5. The first-order valence-electron chi connectivity index (χ1n) is 12.5. The maximum atomic E-state index is 13.5. The number of fused-ring (bicyclic) bond motifs is 1. The van der Waals surface area contributed by atoms with Crippen LogP contribution in [-0.4, -0.2) is 106 Å². The lowest BCUT2D eigenvalue weighted by Crippen LogP contribution is -2.78. The fourth-order valence-corrected chi connectivity index (χ4v) is 6.58. The molecule has 1 aliphatic carbocycles. The summed E-state index contributed by atoms with van der Waals surface area (Å²) in [6.45, 7) is -0.155. The number of nitrogens with two attached hydrogens (primary N) is 2. The second kappa shape index (κ2) is 8.09. The van der Waals surface area contributed by atoms with E-state index in [-0.39, 0.29) is 43.4 Å². The van der Waals surface area contributed by atoms with Crippen LogP contribution in [0.4, 0.5) is 4.79 Å². The maximum Gasteiger partial charge on any atom is 0.327 e. The molecule has 2 saturated heterocycles. The van der Waals surface area contributed by atoms with Gasteiger partial charge in [0.1, 0.15) is 12.6 Å². The van der Waals surface area contributed by atoms with Crippen LogP contribution in [0.3, 0.4) is 0 Å². The number of aryl methyl sites for hydroxylation is 1. The van der Waals surface area contributed by atoms with Gasteiger partial charge in [0.05, 0.1) is 18.6 Å². The van der Waals surface area contributed by atoms with Crippen molar-refractivity contribution in [3.05, 3.63) is 34.9 Å². The number of aliphatic imine (C=N–C) groups is 2. The number of rotatable bonds is 4. The normalized spacial score (nSPS) is 33.3. The number of carbonyl (C=O) groups is 3. The van der Waals surface area contributed by atoms with Crippen LogP contribution in [-0.2, 0) is 17.6 Å². The molecule has 13 nitrogen and oxygen atoms in total. The fraction of sp³-hybridized carbons (Fsp3) is 0.480. The van der Waals surface area contributed by atoms with Gasteiger partial charge in [-0.25, -0.2) is 14.8 Å². The number of hydrogen-bond donors (Lipinski definition) is 5. The summed E-state index contributed by atoms with van der Waals surface area (Å²) < 4.78 is 0. The number of amides is 4. The summed E-state index contributed by atoms with van der Waals surface area (Å²) in [6.07, 6.45) is 8.66. The van der Waals surface area contributed by atoms with Crippen LogP contribution in [0.2, 0.25) is 0 Å². The van der Waals surface area contributed by atoms with E-state index in [9.17, 15) is 19.5 Å². The average molecular weight is 520 g/mol. The molecule has 38 heavy (non-hydrogen) atoms. The zero-order chi connectivity index (χ0) is 27.0. The zero-order valence-corrected chi connectivity index (χ0v) is 20.8. The molecule has 13 heteroatoms. The third-order valence-electron chi connectivity index (χ3n) is 8.36. The molecule has 0 radical (unpaired) electrons. The molecule has 5 aliphatic rings. The minimum absolute atomic E-state index is 0.00683. The summed E-state index contributed by atoms with van der Waals surface area (Å²) in [4.78, 5) is 51.5. The summed E-state index contributed by atoms with van der Waals surface area (Å²) >= 11 is 0. The number of terminal acetylenes is 1. The Hall–Kier alpha value is -4.31. The Bertz CT molecular complexity index is 1370. The second-order valence-electron chi connectivity index (χ2n) is 10.4. The number of nitrogens with one attached hydrogen (secondary N) is 2. The number of benzene rings is 1. The van der Waals surface area contributed by atoms with Crippen molar-refractivity contribution in [1.82, 2.24) is 25.3 Å². The van der Waals surface area contributed by atoms with E-state index < -0.39 is 35.4 Å². The van der Waals surface area contributed by atoms with Crippen molar-refractivity contribution in [3.63, 3.8) is 0 Å². The Kier molecular flexibility index (Phi) is 5.12. The molecular weight excluding hydrogens is 490 g/mol. The molecule has 5 atom stereocenters. The van der Waals surface area contributed by atoms with Crippen molar-refractivity contribution in [2.75, 3.05) is 26.7 Å². The average Bonchev–Trinajstić information content (AvgIpc) is 3.62. The molecular formula is C25H29N9O4. The molecule has 2 fully saturated rings. The Morgan fingerprint density at radius 1 is 1.32 bits per heavy atom. The first-order valence-corrected chi connectivity index (χ1v) is 12.5. The van der Waals surface area contributed by atoms with E-state index in [1.54, 1.807) is 11.0 Å². The van der Waals surface area contributed by atoms with Gasteiger partial charge in [0, 0.05) is 19.2 Å². The standard InChI is InChI=1S/C25H29N9O4/c1-3-24(38)17(29-20(36)15-9-5-7-13-6-4-8-14(13)15)11-34-22(27)28-16(19-25(24,34)31-21(26)30-19)10-33-18(35)12-32(2)23(33)37/h1,5,7,9,16-17,19,38H,4,6,8,10-12H2,2H3,(H2,27,28)(H,29,36)(H3,26,30,31)/t16-,17?,19?,24+,25-/m0/s1. The van der Waals surface area contributed by atoms with Crippen LogP contribution in [0, 0.1) is 12.3 Å². The van der Waals surface area contributed by atoms with E-state index >= 15 is 0 Å². The van der Waals surface area contributed by atoms with E-state index in [1.807, 2.05) is 12.1 Å². The van der Waals surface area contributed by atoms with Crippen LogP contribution >= 0.6 is 0 Å². The van der Waals surface area contributed by atoms with Gasteiger partial charge in [0.25, 0.3) is 5.91 Å². The molecule has 6 rings (SSSR count). The predicted molar refractivity (Wildman–Crippen MR) is 137 cm³/mol. The lowest BCUT2D eigenvalue weighted by Gasteiger charge is -2.49. The van der Waals surface area contributed by atoms with Gasteiger partial charge in [-0.15, -0.1) is 6.42 Å². The van der Waals surface area contributed by atoms with Gasteiger partial charge >= 0.3 is 6.03 Å². The number of likely N-dealkylation sites (N-methyl/N-ethyl adjacent to an activating group) is 1. The van der Waals surface area contributed by atoms with Crippen molar-refractivity contribution in [3.8, 4) is 12.3 Å². The van der Waals surface area contributed by atoms with Crippen molar-refractivity contribution in [2.24, 2.45) is 21.5 Å².